The number of rotatable bonds is 5. The van der Waals surface area contributed by atoms with E-state index in [9.17, 15) is 26.3 Å². The van der Waals surface area contributed by atoms with Crippen molar-refractivity contribution in [3.63, 3.8) is 0 Å². The Morgan fingerprint density at radius 1 is 1.15 bits per heavy atom. The third-order valence-electron chi connectivity index (χ3n) is 5.39. The van der Waals surface area contributed by atoms with Crippen molar-refractivity contribution >= 4 is 23.3 Å². The highest BCUT2D eigenvalue weighted by Crippen LogP contribution is 2.39. The summed E-state index contributed by atoms with van der Waals surface area (Å²) in [4.78, 5) is 24.5. The molecule has 2 aliphatic rings. The lowest BCUT2D eigenvalue weighted by atomic mass is 9.75. The molecule has 0 amide bonds. The first-order valence-corrected chi connectivity index (χ1v) is 11.1. The number of aliphatic carboxylic acids is 2. The Kier molecular flexibility index (Phi) is 11.3. The SMILES string of the molecule is CCOCC1CCN(C)C2(C1)CN(Cc1cccs1)C2.O=C(O)C(F)(F)F.O=C(O)C(F)(F)F. The first-order chi connectivity index (χ1) is 15.6. The lowest BCUT2D eigenvalue weighted by molar-refractivity contribution is -0.193. The highest BCUT2D eigenvalue weighted by molar-refractivity contribution is 7.09. The van der Waals surface area contributed by atoms with Gasteiger partial charge in [-0.05, 0) is 50.7 Å². The van der Waals surface area contributed by atoms with Gasteiger partial charge in [0.1, 0.15) is 0 Å². The van der Waals surface area contributed by atoms with Crippen LogP contribution in [0.25, 0.3) is 0 Å². The van der Waals surface area contributed by atoms with Gasteiger partial charge in [0.05, 0.1) is 0 Å². The van der Waals surface area contributed by atoms with E-state index in [1.165, 1.54) is 37.4 Å². The van der Waals surface area contributed by atoms with E-state index in [4.69, 9.17) is 24.5 Å². The normalized spacial score (nSPS) is 20.4. The van der Waals surface area contributed by atoms with Gasteiger partial charge < -0.3 is 14.9 Å². The van der Waals surface area contributed by atoms with Crippen molar-refractivity contribution in [2.75, 3.05) is 39.9 Å². The molecule has 196 valence electrons. The van der Waals surface area contributed by atoms with Crippen LogP contribution in [0, 0.1) is 5.92 Å². The Morgan fingerprint density at radius 3 is 2.09 bits per heavy atom. The molecule has 2 saturated heterocycles. The minimum atomic E-state index is -5.08. The molecule has 3 heterocycles. The summed E-state index contributed by atoms with van der Waals surface area (Å²) in [5, 5.41) is 16.4. The molecular weight excluding hydrogens is 494 g/mol. The van der Waals surface area contributed by atoms with Crippen LogP contribution >= 0.6 is 11.3 Å². The van der Waals surface area contributed by atoms with Gasteiger partial charge in [0.15, 0.2) is 0 Å². The van der Waals surface area contributed by atoms with Crippen LogP contribution in [0.5, 0.6) is 0 Å². The number of nitrogens with zero attached hydrogens (tertiary/aromatic N) is 2. The van der Waals surface area contributed by atoms with Crippen LogP contribution in [0.4, 0.5) is 26.3 Å². The smallest absolute Gasteiger partial charge is 0.475 e. The van der Waals surface area contributed by atoms with Crippen LogP contribution in [0.15, 0.2) is 17.5 Å². The Balaban J connectivity index is 0.000000343. The fourth-order valence-corrected chi connectivity index (χ4v) is 4.47. The number of thiophene rings is 1. The van der Waals surface area contributed by atoms with Crippen molar-refractivity contribution in [2.24, 2.45) is 5.92 Å². The fraction of sp³-hybridized carbons (Fsp3) is 0.700. The van der Waals surface area contributed by atoms with Crippen LogP contribution in [0.1, 0.15) is 24.6 Å². The van der Waals surface area contributed by atoms with E-state index in [0.717, 1.165) is 25.7 Å². The highest BCUT2D eigenvalue weighted by Gasteiger charge is 2.49. The van der Waals surface area contributed by atoms with E-state index in [0.29, 0.717) is 5.54 Å². The molecule has 0 bridgehead atoms. The quantitative estimate of drug-likeness (QED) is 0.566. The molecule has 1 atom stereocenters. The maximum absolute atomic E-state index is 10.6. The lowest BCUT2D eigenvalue weighted by Crippen LogP contribution is -2.71. The minimum absolute atomic E-state index is 0.428. The number of carboxylic acids is 2. The largest absolute Gasteiger partial charge is 0.490 e. The molecule has 34 heavy (non-hydrogen) atoms. The van der Waals surface area contributed by atoms with Crippen LogP contribution < -0.4 is 0 Å². The molecule has 1 unspecified atom stereocenters. The first-order valence-electron chi connectivity index (χ1n) is 10.2. The number of likely N-dealkylation sites (tertiary alicyclic amines) is 2. The van der Waals surface area contributed by atoms with Gasteiger partial charge in [-0.1, -0.05) is 6.07 Å². The summed E-state index contributed by atoms with van der Waals surface area (Å²) in [6.07, 6.45) is -7.56. The molecule has 14 heteroatoms. The van der Waals surface area contributed by atoms with E-state index >= 15 is 0 Å². The van der Waals surface area contributed by atoms with Crippen molar-refractivity contribution in [3.05, 3.63) is 22.4 Å². The predicted molar refractivity (Wildman–Crippen MR) is 112 cm³/mol. The van der Waals surface area contributed by atoms with E-state index in [1.54, 1.807) is 0 Å². The molecule has 2 N–H and O–H groups in total. The average molecular weight is 523 g/mol. The van der Waals surface area contributed by atoms with Gasteiger partial charge in [-0.2, -0.15) is 26.3 Å². The van der Waals surface area contributed by atoms with Gasteiger partial charge in [0.2, 0.25) is 0 Å². The summed E-state index contributed by atoms with van der Waals surface area (Å²) >= 11 is 1.87. The molecule has 2 fully saturated rings. The number of carboxylic acid groups (broad SMARTS) is 2. The Labute approximate surface area is 196 Å². The van der Waals surface area contributed by atoms with Gasteiger partial charge in [0.25, 0.3) is 0 Å². The number of ether oxygens (including phenoxy) is 1. The van der Waals surface area contributed by atoms with Crippen LogP contribution in [0.3, 0.4) is 0 Å². The van der Waals surface area contributed by atoms with Crippen molar-refractivity contribution in [2.45, 2.75) is 44.2 Å². The summed E-state index contributed by atoms with van der Waals surface area (Å²) in [6, 6.07) is 4.40. The number of halogens is 6. The van der Waals surface area contributed by atoms with Crippen molar-refractivity contribution in [1.82, 2.24) is 9.80 Å². The van der Waals surface area contributed by atoms with Gasteiger partial charge >= 0.3 is 24.3 Å². The summed E-state index contributed by atoms with van der Waals surface area (Å²) < 4.78 is 69.1. The molecule has 1 spiro atoms. The van der Waals surface area contributed by atoms with E-state index in [1.807, 2.05) is 11.3 Å². The predicted octanol–water partition coefficient (Wildman–Crippen LogP) is 3.95. The molecule has 0 saturated carbocycles. The Morgan fingerprint density at radius 2 is 1.68 bits per heavy atom. The number of carbonyl (C=O) groups is 2. The Hall–Kier alpha value is -1.90. The van der Waals surface area contributed by atoms with Crippen LogP contribution in [-0.2, 0) is 20.9 Å². The number of hydrogen-bond donors (Lipinski definition) is 2. The molecule has 7 nitrogen and oxygen atoms in total. The Bertz CT molecular complexity index is 740. The average Bonchev–Trinajstić information content (AvgIpc) is 3.20. The number of piperidine rings is 1. The third kappa shape index (κ3) is 9.76. The van der Waals surface area contributed by atoms with Crippen molar-refractivity contribution < 1.29 is 50.9 Å². The van der Waals surface area contributed by atoms with E-state index < -0.39 is 24.3 Å². The molecular formula is C20H28F6N2O5S. The van der Waals surface area contributed by atoms with Gasteiger partial charge in [-0.25, -0.2) is 9.59 Å². The summed E-state index contributed by atoms with van der Waals surface area (Å²) in [6.45, 7) is 8.71. The van der Waals surface area contributed by atoms with E-state index in [2.05, 4.69) is 41.3 Å². The lowest BCUT2D eigenvalue weighted by Gasteiger charge is -2.58. The topological polar surface area (TPSA) is 90.3 Å². The zero-order valence-corrected chi connectivity index (χ0v) is 19.5. The molecule has 3 rings (SSSR count). The molecule has 0 aromatic carbocycles. The molecule has 1 aromatic rings. The summed E-state index contributed by atoms with van der Waals surface area (Å²) in [7, 11) is 2.30. The molecule has 0 radical (unpaired) electrons. The van der Waals surface area contributed by atoms with Gasteiger partial charge in [-0.3, -0.25) is 9.80 Å². The monoisotopic (exact) mass is 522 g/mol. The van der Waals surface area contributed by atoms with Gasteiger partial charge in [-0.15, -0.1) is 11.3 Å². The highest BCUT2D eigenvalue weighted by atomic mass is 32.1. The van der Waals surface area contributed by atoms with Crippen LogP contribution in [-0.4, -0.2) is 89.7 Å². The summed E-state index contributed by atoms with van der Waals surface area (Å²) in [5.41, 5.74) is 0.428. The summed E-state index contributed by atoms with van der Waals surface area (Å²) in [5.74, 6) is -4.75. The van der Waals surface area contributed by atoms with Gasteiger partial charge in [0, 0.05) is 43.3 Å². The van der Waals surface area contributed by atoms with Crippen LogP contribution in [0.2, 0.25) is 0 Å². The zero-order chi connectivity index (χ0) is 26.2. The fourth-order valence-electron chi connectivity index (χ4n) is 3.73. The molecule has 0 aliphatic carbocycles. The van der Waals surface area contributed by atoms with Crippen molar-refractivity contribution in [3.8, 4) is 0 Å². The maximum atomic E-state index is 10.6. The first kappa shape index (κ1) is 30.1. The number of likely N-dealkylation sites (N-methyl/N-ethyl adjacent to an activating group) is 1. The second kappa shape index (κ2) is 12.7. The standard InChI is InChI=1S/C16H26N2OS.2C2HF3O2/c1-3-19-11-14-6-7-17(2)16(9-14)12-18(13-16)10-15-5-4-8-20-15;2*3-2(4,5)1(6)7/h4-5,8,14H,3,6-7,9-13H2,1-2H3;2*(H,6,7). The third-order valence-corrected chi connectivity index (χ3v) is 6.25. The van der Waals surface area contributed by atoms with Crippen molar-refractivity contribution in [1.29, 1.82) is 0 Å². The number of alkyl halides is 6. The molecule has 2 aliphatic heterocycles. The number of hydrogen-bond acceptors (Lipinski definition) is 6. The second-order valence-electron chi connectivity index (χ2n) is 7.99. The van der Waals surface area contributed by atoms with E-state index in [-0.39, 0.29) is 0 Å². The second-order valence-corrected chi connectivity index (χ2v) is 9.03. The zero-order valence-electron chi connectivity index (χ0n) is 18.7. The molecule has 1 aromatic heterocycles. The minimum Gasteiger partial charge on any atom is -0.475 e. The maximum Gasteiger partial charge on any atom is 0.490 e.